The molecule has 5 heteroatoms. The van der Waals surface area contributed by atoms with Gasteiger partial charge in [-0.3, -0.25) is 4.79 Å². The molecule has 1 saturated carbocycles. The third-order valence-electron chi connectivity index (χ3n) is 1.63. The quantitative estimate of drug-likeness (QED) is 0.590. The molecule has 0 bridgehead atoms. The van der Waals surface area contributed by atoms with E-state index < -0.39 is 16.1 Å². The topological polar surface area (TPSA) is 17.1 Å². The van der Waals surface area contributed by atoms with Crippen molar-refractivity contribution in [3.63, 3.8) is 0 Å². The summed E-state index contributed by atoms with van der Waals surface area (Å²) < 4.78 is 0. The molecule has 64 valence electrons. The fraction of sp³-hybridized carbons (Fsp3) is 0.833. The van der Waals surface area contributed by atoms with E-state index >= 15 is 0 Å². The standard InChI is InChI=1S/C6H6Cl4O/c7-2-1-3(11)5(9)6(10)4(2)8/h2,4-6H,1H2. The van der Waals surface area contributed by atoms with Gasteiger partial charge in [-0.15, -0.1) is 46.4 Å². The molecule has 0 amide bonds. The highest BCUT2D eigenvalue weighted by Gasteiger charge is 2.40. The first-order valence-corrected chi connectivity index (χ1v) is 4.87. The van der Waals surface area contributed by atoms with Gasteiger partial charge >= 0.3 is 0 Å². The van der Waals surface area contributed by atoms with Crippen molar-refractivity contribution in [2.24, 2.45) is 0 Å². The lowest BCUT2D eigenvalue weighted by molar-refractivity contribution is -0.119. The largest absolute Gasteiger partial charge is 0.298 e. The van der Waals surface area contributed by atoms with Gasteiger partial charge in [-0.2, -0.15) is 0 Å². The van der Waals surface area contributed by atoms with Crippen LogP contribution in [0.4, 0.5) is 0 Å². The summed E-state index contributed by atoms with van der Waals surface area (Å²) in [5, 5.41) is -2.04. The molecule has 0 spiro atoms. The van der Waals surface area contributed by atoms with Crippen LogP contribution in [0.25, 0.3) is 0 Å². The lowest BCUT2D eigenvalue weighted by Gasteiger charge is -2.29. The van der Waals surface area contributed by atoms with Crippen LogP contribution in [0.15, 0.2) is 0 Å². The minimum atomic E-state index is -0.686. The summed E-state index contributed by atoms with van der Waals surface area (Å²) in [6.45, 7) is 0. The number of Topliss-reactive ketones (excluding diaryl/α,β-unsaturated/α-hetero) is 1. The molecule has 1 rings (SSSR count). The second-order valence-electron chi connectivity index (χ2n) is 2.48. The van der Waals surface area contributed by atoms with Gasteiger partial charge in [0.25, 0.3) is 0 Å². The molecule has 0 aromatic heterocycles. The van der Waals surface area contributed by atoms with Crippen molar-refractivity contribution in [3.05, 3.63) is 0 Å². The number of hydrogen-bond acceptors (Lipinski definition) is 1. The molecule has 1 aliphatic carbocycles. The zero-order chi connectivity index (χ0) is 8.59. The van der Waals surface area contributed by atoms with Gasteiger partial charge in [0.2, 0.25) is 0 Å². The monoisotopic (exact) mass is 234 g/mol. The van der Waals surface area contributed by atoms with Crippen LogP contribution in [0.2, 0.25) is 0 Å². The zero-order valence-electron chi connectivity index (χ0n) is 5.44. The van der Waals surface area contributed by atoms with Gasteiger partial charge in [0.05, 0.1) is 16.1 Å². The minimum Gasteiger partial charge on any atom is -0.298 e. The minimum absolute atomic E-state index is 0.122. The van der Waals surface area contributed by atoms with Crippen molar-refractivity contribution in [2.45, 2.75) is 27.9 Å². The summed E-state index contributed by atoms with van der Waals surface area (Å²) in [6, 6.07) is 0. The number of carbonyl (C=O) groups is 1. The molecule has 11 heavy (non-hydrogen) atoms. The Morgan fingerprint density at radius 1 is 1.09 bits per heavy atom. The predicted octanol–water partition coefficient (Wildman–Crippen LogP) is 2.39. The number of alkyl halides is 4. The predicted molar refractivity (Wildman–Crippen MR) is 48.2 cm³/mol. The summed E-state index contributed by atoms with van der Waals surface area (Å²) in [6.07, 6.45) is 0.215. The molecule has 0 heterocycles. The van der Waals surface area contributed by atoms with Crippen molar-refractivity contribution in [3.8, 4) is 0 Å². The maximum atomic E-state index is 11.0. The normalized spacial score (nSPS) is 46.0. The number of halogens is 4. The SMILES string of the molecule is O=C1CC(Cl)C(Cl)C(Cl)C1Cl. The van der Waals surface area contributed by atoms with Crippen molar-refractivity contribution in [2.75, 3.05) is 0 Å². The van der Waals surface area contributed by atoms with Crippen molar-refractivity contribution >= 4 is 52.2 Å². The molecular formula is C6H6Cl4O. The molecule has 0 aromatic carbocycles. The average molecular weight is 236 g/mol. The van der Waals surface area contributed by atoms with Gasteiger partial charge in [0.15, 0.2) is 5.78 Å². The zero-order valence-corrected chi connectivity index (χ0v) is 8.46. The maximum Gasteiger partial charge on any atom is 0.153 e. The molecule has 4 atom stereocenters. The molecule has 0 aliphatic heterocycles. The summed E-state index contributed by atoms with van der Waals surface area (Å²) >= 11 is 22.9. The van der Waals surface area contributed by atoms with E-state index in [2.05, 4.69) is 0 Å². The van der Waals surface area contributed by atoms with E-state index in [9.17, 15) is 4.79 Å². The first-order chi connectivity index (χ1) is 5.04. The van der Waals surface area contributed by atoms with E-state index in [-0.39, 0.29) is 17.6 Å². The fourth-order valence-corrected chi connectivity index (χ4v) is 2.21. The Hall–Kier alpha value is 0.830. The Balaban J connectivity index is 2.70. The molecule has 0 radical (unpaired) electrons. The van der Waals surface area contributed by atoms with E-state index in [0.29, 0.717) is 0 Å². The molecule has 0 aromatic rings. The van der Waals surface area contributed by atoms with Crippen LogP contribution in [0.3, 0.4) is 0 Å². The second-order valence-corrected chi connectivity index (χ2v) is 4.52. The summed E-state index contributed by atoms with van der Waals surface area (Å²) in [5.74, 6) is -0.122. The van der Waals surface area contributed by atoms with E-state index in [1.54, 1.807) is 0 Å². The van der Waals surface area contributed by atoms with Crippen LogP contribution in [0.1, 0.15) is 6.42 Å². The Morgan fingerprint density at radius 2 is 1.64 bits per heavy atom. The Kier molecular flexibility index (Phi) is 3.33. The lowest BCUT2D eigenvalue weighted by atomic mass is 9.97. The number of hydrogen-bond donors (Lipinski definition) is 0. The van der Waals surface area contributed by atoms with Crippen molar-refractivity contribution in [1.29, 1.82) is 0 Å². The first kappa shape index (κ1) is 9.91. The third-order valence-corrected chi connectivity index (χ3v) is 4.06. The van der Waals surface area contributed by atoms with E-state index in [1.807, 2.05) is 0 Å². The van der Waals surface area contributed by atoms with Gasteiger partial charge in [-0.1, -0.05) is 0 Å². The third kappa shape index (κ3) is 1.95. The van der Waals surface area contributed by atoms with Crippen LogP contribution >= 0.6 is 46.4 Å². The van der Waals surface area contributed by atoms with E-state index in [1.165, 1.54) is 0 Å². The van der Waals surface area contributed by atoms with Crippen molar-refractivity contribution in [1.82, 2.24) is 0 Å². The molecule has 0 N–H and O–H groups in total. The van der Waals surface area contributed by atoms with E-state index in [4.69, 9.17) is 46.4 Å². The highest BCUT2D eigenvalue weighted by atomic mass is 35.5. The van der Waals surface area contributed by atoms with Gasteiger partial charge in [-0.25, -0.2) is 0 Å². The molecule has 1 aliphatic rings. The maximum absolute atomic E-state index is 11.0. The summed E-state index contributed by atoms with van der Waals surface area (Å²) in [5.41, 5.74) is 0. The second kappa shape index (κ2) is 3.69. The van der Waals surface area contributed by atoms with Crippen LogP contribution in [0.5, 0.6) is 0 Å². The Bertz CT molecular complexity index is 172. The molecular weight excluding hydrogens is 230 g/mol. The van der Waals surface area contributed by atoms with Gasteiger partial charge in [0, 0.05) is 6.42 Å². The number of rotatable bonds is 0. The van der Waals surface area contributed by atoms with E-state index in [0.717, 1.165) is 0 Å². The fourth-order valence-electron chi connectivity index (χ4n) is 0.956. The summed E-state index contributed by atoms with van der Waals surface area (Å²) in [4.78, 5) is 11.0. The molecule has 1 fully saturated rings. The smallest absolute Gasteiger partial charge is 0.153 e. The van der Waals surface area contributed by atoms with Crippen LogP contribution in [-0.2, 0) is 4.79 Å². The molecule has 4 unspecified atom stereocenters. The van der Waals surface area contributed by atoms with Gasteiger partial charge in [0.1, 0.15) is 5.38 Å². The highest BCUT2D eigenvalue weighted by Crippen LogP contribution is 2.32. The molecule has 0 saturated heterocycles. The highest BCUT2D eigenvalue weighted by molar-refractivity contribution is 6.44. The number of carbonyl (C=O) groups excluding carboxylic acids is 1. The average Bonchev–Trinajstić information content (AvgIpc) is 1.97. The first-order valence-electron chi connectivity index (χ1n) is 3.13. The molecule has 1 nitrogen and oxygen atoms in total. The number of ketones is 1. The van der Waals surface area contributed by atoms with Gasteiger partial charge < -0.3 is 0 Å². The Labute approximate surface area is 84.9 Å². The summed E-state index contributed by atoms with van der Waals surface area (Å²) in [7, 11) is 0. The van der Waals surface area contributed by atoms with Crippen LogP contribution in [0, 0.1) is 0 Å². The van der Waals surface area contributed by atoms with Gasteiger partial charge in [-0.05, 0) is 0 Å². The van der Waals surface area contributed by atoms with Crippen molar-refractivity contribution < 1.29 is 4.79 Å². The van der Waals surface area contributed by atoms with Crippen LogP contribution < -0.4 is 0 Å². The van der Waals surface area contributed by atoms with Crippen LogP contribution in [-0.4, -0.2) is 27.3 Å². The Morgan fingerprint density at radius 3 is 2.18 bits per heavy atom. The lowest BCUT2D eigenvalue weighted by Crippen LogP contribution is -2.44.